The molecular formula is C24H33N3O3. The summed E-state index contributed by atoms with van der Waals surface area (Å²) in [5.74, 6) is 0.165. The summed E-state index contributed by atoms with van der Waals surface area (Å²) in [4.78, 5) is 29.3. The minimum Gasteiger partial charge on any atom is -0.495 e. The summed E-state index contributed by atoms with van der Waals surface area (Å²) >= 11 is 0. The molecule has 0 aliphatic rings. The lowest BCUT2D eigenvalue weighted by Gasteiger charge is -2.24. The van der Waals surface area contributed by atoms with Crippen LogP contribution in [0.4, 0.5) is 11.4 Å². The number of ether oxygens (including phenoxy) is 1. The van der Waals surface area contributed by atoms with Crippen molar-refractivity contribution in [3.63, 3.8) is 0 Å². The fourth-order valence-electron chi connectivity index (χ4n) is 3.25. The standard InChI is InChI=1S/C24H33N3O3/c1-5-8-17-26(6-2)20-15-13-19(14-16-20)24(29)27(7-3)18-23(28)25-21-11-9-10-12-22(21)30-4/h9-16H,5-8,17-18H2,1-4H3,(H,25,28). The molecule has 2 aromatic carbocycles. The summed E-state index contributed by atoms with van der Waals surface area (Å²) in [6.07, 6.45) is 2.29. The lowest BCUT2D eigenvalue weighted by molar-refractivity contribution is -0.116. The number of likely N-dealkylation sites (N-methyl/N-ethyl adjacent to an activating group) is 1. The third kappa shape index (κ3) is 6.24. The number of carbonyl (C=O) groups excluding carboxylic acids is 2. The van der Waals surface area contributed by atoms with Gasteiger partial charge >= 0.3 is 0 Å². The summed E-state index contributed by atoms with van der Waals surface area (Å²) < 4.78 is 5.26. The molecule has 0 saturated heterocycles. The highest BCUT2D eigenvalue weighted by molar-refractivity contribution is 6.00. The number of nitrogens with zero attached hydrogens (tertiary/aromatic N) is 2. The molecule has 1 N–H and O–H groups in total. The molecule has 0 unspecified atom stereocenters. The number of nitrogens with one attached hydrogen (secondary N) is 1. The topological polar surface area (TPSA) is 61.9 Å². The third-order valence-corrected chi connectivity index (χ3v) is 5.03. The molecule has 0 aromatic heterocycles. The lowest BCUT2D eigenvalue weighted by Crippen LogP contribution is -2.38. The molecule has 0 saturated carbocycles. The summed E-state index contributed by atoms with van der Waals surface area (Å²) in [5.41, 5.74) is 2.28. The molecule has 0 aliphatic heterocycles. The highest BCUT2D eigenvalue weighted by atomic mass is 16.5. The zero-order valence-electron chi connectivity index (χ0n) is 18.5. The Morgan fingerprint density at radius 3 is 2.27 bits per heavy atom. The van der Waals surface area contributed by atoms with E-state index in [0.717, 1.165) is 31.6 Å². The summed E-state index contributed by atoms with van der Waals surface area (Å²) in [6.45, 7) is 8.53. The van der Waals surface area contributed by atoms with Gasteiger partial charge < -0.3 is 19.9 Å². The molecule has 6 nitrogen and oxygen atoms in total. The van der Waals surface area contributed by atoms with Gasteiger partial charge in [-0.25, -0.2) is 0 Å². The highest BCUT2D eigenvalue weighted by Gasteiger charge is 2.18. The Balaban J connectivity index is 2.03. The van der Waals surface area contributed by atoms with Crippen molar-refractivity contribution in [2.45, 2.75) is 33.6 Å². The lowest BCUT2D eigenvalue weighted by atomic mass is 10.1. The van der Waals surface area contributed by atoms with Gasteiger partial charge in [-0.2, -0.15) is 0 Å². The van der Waals surface area contributed by atoms with Crippen molar-refractivity contribution in [2.75, 3.05) is 43.5 Å². The molecule has 0 heterocycles. The number of anilines is 2. The van der Waals surface area contributed by atoms with Crippen LogP contribution in [-0.2, 0) is 4.79 Å². The average Bonchev–Trinajstić information content (AvgIpc) is 2.78. The zero-order valence-corrected chi connectivity index (χ0v) is 18.5. The van der Waals surface area contributed by atoms with E-state index in [1.165, 1.54) is 4.90 Å². The number of amides is 2. The van der Waals surface area contributed by atoms with E-state index >= 15 is 0 Å². The van der Waals surface area contributed by atoms with Crippen molar-refractivity contribution < 1.29 is 14.3 Å². The van der Waals surface area contributed by atoms with Gasteiger partial charge in [-0.15, -0.1) is 0 Å². The molecule has 6 heteroatoms. The number of unbranched alkanes of at least 4 members (excludes halogenated alkanes) is 1. The van der Waals surface area contributed by atoms with Gasteiger partial charge in [-0.1, -0.05) is 25.5 Å². The maximum Gasteiger partial charge on any atom is 0.254 e. The number of methoxy groups -OCH3 is 1. The van der Waals surface area contributed by atoms with E-state index in [1.54, 1.807) is 19.2 Å². The first-order valence-corrected chi connectivity index (χ1v) is 10.6. The summed E-state index contributed by atoms with van der Waals surface area (Å²) in [7, 11) is 1.55. The van der Waals surface area contributed by atoms with Crippen LogP contribution in [0, 0.1) is 0 Å². The number of carbonyl (C=O) groups is 2. The second-order valence-electron chi connectivity index (χ2n) is 7.05. The molecule has 2 rings (SSSR count). The maximum absolute atomic E-state index is 12.9. The predicted octanol–water partition coefficient (Wildman–Crippen LogP) is 4.42. The van der Waals surface area contributed by atoms with Gasteiger partial charge in [0, 0.05) is 30.9 Å². The Morgan fingerprint density at radius 2 is 1.67 bits per heavy atom. The Bertz CT molecular complexity index is 821. The molecule has 0 atom stereocenters. The summed E-state index contributed by atoms with van der Waals surface area (Å²) in [6, 6.07) is 14.8. The number of benzene rings is 2. The number of para-hydroxylation sites is 2. The van der Waals surface area contributed by atoms with Crippen LogP contribution in [0.2, 0.25) is 0 Å². The van der Waals surface area contributed by atoms with Crippen LogP contribution in [0.5, 0.6) is 5.75 Å². The van der Waals surface area contributed by atoms with Crippen LogP contribution < -0.4 is 15.0 Å². The van der Waals surface area contributed by atoms with Crippen molar-refractivity contribution in [3.05, 3.63) is 54.1 Å². The molecule has 0 radical (unpaired) electrons. The van der Waals surface area contributed by atoms with Gasteiger partial charge in [0.1, 0.15) is 12.3 Å². The fraction of sp³-hybridized carbons (Fsp3) is 0.417. The van der Waals surface area contributed by atoms with Crippen LogP contribution in [-0.4, -0.2) is 50.0 Å². The number of hydrogen-bond acceptors (Lipinski definition) is 4. The van der Waals surface area contributed by atoms with Crippen molar-refractivity contribution in [1.29, 1.82) is 0 Å². The number of rotatable bonds is 11. The van der Waals surface area contributed by atoms with E-state index in [2.05, 4.69) is 24.1 Å². The Hall–Kier alpha value is -3.02. The summed E-state index contributed by atoms with van der Waals surface area (Å²) in [5, 5.41) is 2.82. The molecule has 162 valence electrons. The highest BCUT2D eigenvalue weighted by Crippen LogP contribution is 2.23. The third-order valence-electron chi connectivity index (χ3n) is 5.03. The van der Waals surface area contributed by atoms with Gasteiger partial charge in [0.2, 0.25) is 5.91 Å². The molecular weight excluding hydrogens is 378 g/mol. The minimum atomic E-state index is -0.261. The van der Waals surface area contributed by atoms with Gasteiger partial charge in [-0.3, -0.25) is 9.59 Å². The van der Waals surface area contributed by atoms with Gasteiger partial charge in [0.05, 0.1) is 12.8 Å². The molecule has 0 spiro atoms. The largest absolute Gasteiger partial charge is 0.495 e. The maximum atomic E-state index is 12.9. The predicted molar refractivity (Wildman–Crippen MR) is 122 cm³/mol. The van der Waals surface area contributed by atoms with Crippen LogP contribution in [0.3, 0.4) is 0 Å². The Morgan fingerprint density at radius 1 is 0.967 bits per heavy atom. The molecule has 2 aromatic rings. The van der Waals surface area contributed by atoms with Crippen molar-refractivity contribution in [2.24, 2.45) is 0 Å². The first-order valence-electron chi connectivity index (χ1n) is 10.6. The van der Waals surface area contributed by atoms with Crippen molar-refractivity contribution in [1.82, 2.24) is 4.90 Å². The second-order valence-corrected chi connectivity index (χ2v) is 7.05. The zero-order chi connectivity index (χ0) is 21.9. The van der Waals surface area contributed by atoms with Crippen molar-refractivity contribution >= 4 is 23.2 Å². The monoisotopic (exact) mass is 411 g/mol. The van der Waals surface area contributed by atoms with E-state index in [0.29, 0.717) is 23.5 Å². The van der Waals surface area contributed by atoms with Gasteiger partial charge in [0.25, 0.3) is 5.91 Å². The van der Waals surface area contributed by atoms with E-state index in [1.807, 2.05) is 43.3 Å². The van der Waals surface area contributed by atoms with Crippen LogP contribution in [0.25, 0.3) is 0 Å². The Labute approximate surface area is 179 Å². The van der Waals surface area contributed by atoms with Gasteiger partial charge in [-0.05, 0) is 56.7 Å². The molecule has 2 amide bonds. The van der Waals surface area contributed by atoms with Crippen LogP contribution in [0.1, 0.15) is 44.0 Å². The molecule has 0 bridgehead atoms. The Kier molecular flexibility index (Phi) is 9.19. The molecule has 0 fully saturated rings. The van der Waals surface area contributed by atoms with Crippen molar-refractivity contribution in [3.8, 4) is 5.75 Å². The van der Waals surface area contributed by atoms with Gasteiger partial charge in [0.15, 0.2) is 0 Å². The van der Waals surface area contributed by atoms with Crippen LogP contribution >= 0.6 is 0 Å². The fourth-order valence-corrected chi connectivity index (χ4v) is 3.25. The van der Waals surface area contributed by atoms with E-state index in [9.17, 15) is 9.59 Å². The van der Waals surface area contributed by atoms with E-state index in [-0.39, 0.29) is 18.4 Å². The average molecular weight is 412 g/mol. The SMILES string of the molecule is CCCCN(CC)c1ccc(C(=O)N(CC)CC(=O)Nc2ccccc2OC)cc1. The first-order chi connectivity index (χ1) is 14.5. The number of hydrogen-bond donors (Lipinski definition) is 1. The first kappa shape index (κ1) is 23.3. The molecule has 0 aliphatic carbocycles. The quantitative estimate of drug-likeness (QED) is 0.594. The van der Waals surface area contributed by atoms with E-state index < -0.39 is 0 Å². The smallest absolute Gasteiger partial charge is 0.254 e. The van der Waals surface area contributed by atoms with Crippen LogP contribution in [0.15, 0.2) is 48.5 Å². The second kappa shape index (κ2) is 11.9. The molecule has 30 heavy (non-hydrogen) atoms. The van der Waals surface area contributed by atoms with E-state index in [4.69, 9.17) is 4.74 Å². The normalized spacial score (nSPS) is 10.4. The minimum absolute atomic E-state index is 0.0211.